The fraction of sp³-hybridized carbons (Fsp3) is 0.474. The van der Waals surface area contributed by atoms with Gasteiger partial charge < -0.3 is 21.5 Å². The second-order valence-corrected chi connectivity index (χ2v) is 7.03. The van der Waals surface area contributed by atoms with Crippen LogP contribution in [0.3, 0.4) is 0 Å². The minimum Gasteiger partial charge on any atom is -0.396 e. The second kappa shape index (κ2) is 7.70. The third kappa shape index (κ3) is 4.39. The van der Waals surface area contributed by atoms with Crippen molar-refractivity contribution in [2.45, 2.75) is 32.1 Å². The van der Waals surface area contributed by atoms with Gasteiger partial charge in [0.1, 0.15) is 11.6 Å². The molecule has 6 nitrogen and oxygen atoms in total. The van der Waals surface area contributed by atoms with E-state index in [1.165, 1.54) is 5.56 Å². The number of nitrogens with two attached hydrogens (primary N) is 2. The van der Waals surface area contributed by atoms with Gasteiger partial charge in [-0.2, -0.15) is 9.97 Å². The number of benzene rings is 1. The van der Waals surface area contributed by atoms with E-state index in [4.69, 9.17) is 11.5 Å². The molecule has 1 aromatic carbocycles. The van der Waals surface area contributed by atoms with E-state index < -0.39 is 0 Å². The summed E-state index contributed by atoms with van der Waals surface area (Å²) < 4.78 is 0. The van der Waals surface area contributed by atoms with Gasteiger partial charge in [0.2, 0.25) is 5.95 Å². The molecule has 0 amide bonds. The Morgan fingerprint density at radius 3 is 2.68 bits per heavy atom. The molecule has 25 heavy (non-hydrogen) atoms. The maximum atomic E-state index is 10.1. The summed E-state index contributed by atoms with van der Waals surface area (Å²) >= 11 is 0. The number of nitrogens with zero attached hydrogens (tertiary/aromatic N) is 3. The van der Waals surface area contributed by atoms with Crippen LogP contribution in [0.5, 0.6) is 0 Å². The first-order chi connectivity index (χ1) is 12.1. The van der Waals surface area contributed by atoms with Crippen LogP contribution in [0.25, 0.3) is 0 Å². The number of aromatic nitrogens is 2. The molecule has 0 aliphatic carbocycles. The molecule has 1 aromatic heterocycles. The van der Waals surface area contributed by atoms with E-state index in [-0.39, 0.29) is 18.0 Å². The van der Waals surface area contributed by atoms with Gasteiger partial charge in [0.15, 0.2) is 0 Å². The fourth-order valence-corrected chi connectivity index (χ4v) is 3.76. The van der Waals surface area contributed by atoms with Gasteiger partial charge in [-0.3, -0.25) is 0 Å². The van der Waals surface area contributed by atoms with Crippen LogP contribution >= 0.6 is 0 Å². The maximum absolute atomic E-state index is 10.1. The predicted molar refractivity (Wildman–Crippen MR) is 101 cm³/mol. The number of aryl methyl sites for hydroxylation is 1. The van der Waals surface area contributed by atoms with Gasteiger partial charge >= 0.3 is 0 Å². The van der Waals surface area contributed by atoms with Crippen molar-refractivity contribution in [3.63, 3.8) is 0 Å². The summed E-state index contributed by atoms with van der Waals surface area (Å²) in [5, 5.41) is 10.1. The van der Waals surface area contributed by atoms with Crippen molar-refractivity contribution in [3.8, 4) is 0 Å². The quantitative estimate of drug-likeness (QED) is 0.745. The van der Waals surface area contributed by atoms with E-state index >= 15 is 0 Å². The largest absolute Gasteiger partial charge is 0.396 e. The van der Waals surface area contributed by atoms with Crippen molar-refractivity contribution in [2.24, 2.45) is 5.41 Å². The van der Waals surface area contributed by atoms with Gasteiger partial charge in [-0.05, 0) is 37.7 Å². The van der Waals surface area contributed by atoms with Crippen LogP contribution < -0.4 is 16.4 Å². The summed E-state index contributed by atoms with van der Waals surface area (Å²) in [4.78, 5) is 10.4. The number of aliphatic hydroxyl groups excluding tert-OH is 1. The van der Waals surface area contributed by atoms with Crippen LogP contribution in [-0.2, 0) is 6.42 Å². The Kier molecular flexibility index (Phi) is 5.38. The summed E-state index contributed by atoms with van der Waals surface area (Å²) in [5.41, 5.74) is 12.8. The number of rotatable bonds is 6. The van der Waals surface area contributed by atoms with Gasteiger partial charge in [-0.25, -0.2) is 0 Å². The zero-order chi connectivity index (χ0) is 17.7. The lowest BCUT2D eigenvalue weighted by molar-refractivity contribution is 0.0939. The van der Waals surface area contributed by atoms with E-state index in [0.717, 1.165) is 51.0 Å². The highest BCUT2D eigenvalue weighted by atomic mass is 16.3. The van der Waals surface area contributed by atoms with Crippen LogP contribution in [0.15, 0.2) is 36.4 Å². The first-order valence-electron chi connectivity index (χ1n) is 8.90. The van der Waals surface area contributed by atoms with Crippen LogP contribution in [0.2, 0.25) is 0 Å². The van der Waals surface area contributed by atoms with Gasteiger partial charge in [0.05, 0.1) is 6.61 Å². The molecule has 1 fully saturated rings. The lowest BCUT2D eigenvalue weighted by Crippen LogP contribution is -2.46. The van der Waals surface area contributed by atoms with E-state index in [9.17, 15) is 5.11 Å². The number of hydrogen-bond donors (Lipinski definition) is 3. The molecule has 2 heterocycles. The molecule has 0 radical (unpaired) electrons. The van der Waals surface area contributed by atoms with Crippen molar-refractivity contribution >= 4 is 17.6 Å². The average molecular weight is 341 g/mol. The molecule has 1 aliphatic heterocycles. The highest BCUT2D eigenvalue weighted by Gasteiger charge is 2.35. The Morgan fingerprint density at radius 1 is 1.16 bits per heavy atom. The Bertz CT molecular complexity index is 673. The number of aliphatic hydroxyl groups is 1. The standard InChI is InChI=1S/C19H27N5O/c20-16-12-17(23-18(21)22-16)24-11-5-10-19(13-24,14-25)9-4-8-15-6-2-1-3-7-15/h1-3,6-7,12,25H,4-5,8-11,13-14H2,(H4,20,21,22,23). The van der Waals surface area contributed by atoms with Crippen LogP contribution in [0, 0.1) is 5.41 Å². The minimum atomic E-state index is -0.0957. The molecule has 5 N–H and O–H groups in total. The monoisotopic (exact) mass is 341 g/mol. The van der Waals surface area contributed by atoms with Crippen molar-refractivity contribution in [1.82, 2.24) is 9.97 Å². The van der Waals surface area contributed by atoms with Gasteiger partial charge in [-0.1, -0.05) is 30.3 Å². The molecule has 1 aliphatic rings. The molecule has 6 heteroatoms. The smallest absolute Gasteiger partial charge is 0.223 e. The number of anilines is 3. The van der Waals surface area contributed by atoms with Gasteiger partial charge in [-0.15, -0.1) is 0 Å². The Labute approximate surface area is 148 Å². The molecular formula is C19H27N5O. The Morgan fingerprint density at radius 2 is 1.96 bits per heavy atom. The topological polar surface area (TPSA) is 101 Å². The third-order valence-corrected chi connectivity index (χ3v) is 5.09. The molecule has 3 rings (SSSR count). The van der Waals surface area contributed by atoms with Crippen molar-refractivity contribution < 1.29 is 5.11 Å². The van der Waals surface area contributed by atoms with Crippen LogP contribution in [0.4, 0.5) is 17.6 Å². The summed E-state index contributed by atoms with van der Waals surface area (Å²) in [6.45, 7) is 1.86. The first-order valence-corrected chi connectivity index (χ1v) is 8.90. The molecule has 2 aromatic rings. The zero-order valence-electron chi connectivity index (χ0n) is 14.6. The summed E-state index contributed by atoms with van der Waals surface area (Å²) in [6, 6.07) is 12.3. The molecule has 0 spiro atoms. The van der Waals surface area contributed by atoms with Gasteiger partial charge in [0.25, 0.3) is 0 Å². The zero-order valence-corrected chi connectivity index (χ0v) is 14.6. The fourth-order valence-electron chi connectivity index (χ4n) is 3.76. The summed E-state index contributed by atoms with van der Waals surface area (Å²) in [7, 11) is 0. The third-order valence-electron chi connectivity index (χ3n) is 5.09. The number of piperidine rings is 1. The van der Waals surface area contributed by atoms with E-state index in [1.54, 1.807) is 6.07 Å². The Balaban J connectivity index is 1.66. The SMILES string of the molecule is Nc1cc(N2CCCC(CO)(CCCc3ccccc3)C2)nc(N)n1. The second-order valence-electron chi connectivity index (χ2n) is 7.03. The molecule has 1 unspecified atom stereocenters. The molecule has 0 saturated carbocycles. The van der Waals surface area contributed by atoms with E-state index in [2.05, 4.69) is 39.1 Å². The van der Waals surface area contributed by atoms with Crippen LogP contribution in [-0.4, -0.2) is 34.8 Å². The lowest BCUT2D eigenvalue weighted by Gasteiger charge is -2.42. The number of nitrogen functional groups attached to an aromatic ring is 2. The molecule has 0 bridgehead atoms. The minimum absolute atomic E-state index is 0.0957. The first kappa shape index (κ1) is 17.5. The van der Waals surface area contributed by atoms with Crippen molar-refractivity contribution in [2.75, 3.05) is 36.1 Å². The Hall–Kier alpha value is -2.34. The maximum Gasteiger partial charge on any atom is 0.223 e. The highest BCUT2D eigenvalue weighted by Crippen LogP contribution is 2.36. The highest BCUT2D eigenvalue weighted by molar-refractivity contribution is 5.50. The average Bonchev–Trinajstić information content (AvgIpc) is 2.62. The molecule has 1 atom stereocenters. The summed E-state index contributed by atoms with van der Waals surface area (Å²) in [5.74, 6) is 1.33. The van der Waals surface area contributed by atoms with Crippen LogP contribution in [0.1, 0.15) is 31.2 Å². The van der Waals surface area contributed by atoms with E-state index in [1.807, 2.05) is 6.07 Å². The normalized spacial score (nSPS) is 20.6. The van der Waals surface area contributed by atoms with Crippen molar-refractivity contribution in [1.29, 1.82) is 0 Å². The predicted octanol–water partition coefficient (Wildman–Crippen LogP) is 2.24. The van der Waals surface area contributed by atoms with Gasteiger partial charge in [0, 0.05) is 24.6 Å². The van der Waals surface area contributed by atoms with Crippen molar-refractivity contribution in [3.05, 3.63) is 42.0 Å². The summed E-state index contributed by atoms with van der Waals surface area (Å²) in [6.07, 6.45) is 5.15. The molecule has 1 saturated heterocycles. The van der Waals surface area contributed by atoms with E-state index in [0.29, 0.717) is 5.82 Å². The lowest BCUT2D eigenvalue weighted by atomic mass is 9.76. The molecule has 134 valence electrons. The molecular weight excluding hydrogens is 314 g/mol. The number of hydrogen-bond acceptors (Lipinski definition) is 6.